The van der Waals surface area contributed by atoms with Gasteiger partial charge in [0.1, 0.15) is 5.82 Å². The third-order valence-electron chi connectivity index (χ3n) is 5.32. The number of benzene rings is 1. The van der Waals surface area contributed by atoms with Crippen molar-refractivity contribution in [2.24, 2.45) is 4.99 Å². The van der Waals surface area contributed by atoms with Crippen LogP contribution in [0, 0.1) is 0 Å². The molecule has 2 heterocycles. The third kappa shape index (κ3) is 7.29. The fraction of sp³-hybridized carbons (Fsp3) is 0.545. The lowest BCUT2D eigenvalue weighted by Gasteiger charge is -2.36. The number of hydrogen-bond acceptors (Lipinski definition) is 6. The molecule has 0 aliphatic carbocycles. The van der Waals surface area contributed by atoms with Crippen LogP contribution in [0.25, 0.3) is 0 Å². The minimum absolute atomic E-state index is 0. The quantitative estimate of drug-likeness (QED) is 0.219. The molecule has 1 aromatic heterocycles. The molecule has 1 aliphatic heterocycles. The molecule has 1 amide bonds. The first-order valence-electron chi connectivity index (χ1n) is 11.0. The van der Waals surface area contributed by atoms with Gasteiger partial charge >= 0.3 is 0 Å². The van der Waals surface area contributed by atoms with Crippen molar-refractivity contribution >= 4 is 52.5 Å². The summed E-state index contributed by atoms with van der Waals surface area (Å²) in [5.41, 5.74) is 1.81. The van der Waals surface area contributed by atoms with Crippen LogP contribution in [0.4, 0.5) is 5.13 Å². The maximum absolute atomic E-state index is 12.1. The molecule has 2 N–H and O–H groups in total. The molecule has 10 heteroatoms. The predicted molar refractivity (Wildman–Crippen MR) is 142 cm³/mol. The predicted octanol–water partition coefficient (Wildman–Crippen LogP) is 3.15. The van der Waals surface area contributed by atoms with Gasteiger partial charge in [0.05, 0.1) is 0 Å². The van der Waals surface area contributed by atoms with Crippen LogP contribution in [0.2, 0.25) is 0 Å². The molecule has 0 saturated carbocycles. The number of aryl methyl sites for hydroxylation is 1. The summed E-state index contributed by atoms with van der Waals surface area (Å²) in [4.78, 5) is 25.8. The van der Waals surface area contributed by atoms with E-state index in [1.54, 1.807) is 0 Å². The largest absolute Gasteiger partial charge is 0.352 e. The van der Waals surface area contributed by atoms with Gasteiger partial charge in [-0.3, -0.25) is 9.79 Å². The second-order valence-electron chi connectivity index (χ2n) is 7.53. The molecule has 1 aliphatic rings. The minimum Gasteiger partial charge on any atom is -0.352 e. The highest BCUT2D eigenvalue weighted by atomic mass is 127. The summed E-state index contributed by atoms with van der Waals surface area (Å²) in [6.45, 7) is 9.16. The van der Waals surface area contributed by atoms with Crippen molar-refractivity contribution in [1.29, 1.82) is 0 Å². The Morgan fingerprint density at radius 1 is 1.12 bits per heavy atom. The Kier molecular flexibility index (Phi) is 11.1. The first-order valence-corrected chi connectivity index (χ1v) is 11.8. The number of halogens is 1. The van der Waals surface area contributed by atoms with Crippen LogP contribution in [-0.4, -0.2) is 65.9 Å². The highest BCUT2D eigenvalue weighted by molar-refractivity contribution is 14.0. The van der Waals surface area contributed by atoms with E-state index in [1.807, 2.05) is 31.3 Å². The van der Waals surface area contributed by atoms with E-state index in [9.17, 15) is 4.79 Å². The summed E-state index contributed by atoms with van der Waals surface area (Å²) in [6.07, 6.45) is 2.95. The van der Waals surface area contributed by atoms with Gasteiger partial charge in [-0.1, -0.05) is 32.4 Å². The molecule has 0 spiro atoms. The Morgan fingerprint density at radius 3 is 2.44 bits per heavy atom. The van der Waals surface area contributed by atoms with E-state index in [1.165, 1.54) is 11.5 Å². The Balaban J connectivity index is 0.00000363. The molecule has 8 nitrogen and oxygen atoms in total. The van der Waals surface area contributed by atoms with Gasteiger partial charge in [-0.05, 0) is 24.1 Å². The zero-order valence-corrected chi connectivity index (χ0v) is 22.3. The molecule has 32 heavy (non-hydrogen) atoms. The number of guanidine groups is 1. The number of carbonyl (C=O) groups excluding carboxylic acids is 1. The van der Waals surface area contributed by atoms with E-state index in [4.69, 9.17) is 0 Å². The number of carbonyl (C=O) groups is 1. The van der Waals surface area contributed by atoms with Crippen LogP contribution < -0.4 is 15.5 Å². The standard InChI is InChI=1S/C22H33N7OS.HI/c1-4-6-11-24-20(30)18-9-7-17(8-10-18)16-25-21(23-3)28-12-14-29(15-13-28)22-26-19(5-2)27-31-22;/h7-10H,4-6,11-16H2,1-3H3,(H,23,25)(H,24,30);1H. The third-order valence-corrected chi connectivity index (χ3v) is 6.13. The fourth-order valence-electron chi connectivity index (χ4n) is 3.39. The topological polar surface area (TPSA) is 85.8 Å². The average Bonchev–Trinajstić information content (AvgIpc) is 3.30. The van der Waals surface area contributed by atoms with Crippen LogP contribution in [0.5, 0.6) is 0 Å². The van der Waals surface area contributed by atoms with Gasteiger partial charge in [-0.25, -0.2) is 4.98 Å². The molecule has 1 fully saturated rings. The van der Waals surface area contributed by atoms with Crippen LogP contribution in [0.1, 0.15) is 48.4 Å². The monoisotopic (exact) mass is 571 g/mol. The molecular weight excluding hydrogens is 537 g/mol. The molecule has 3 rings (SSSR count). The zero-order valence-electron chi connectivity index (χ0n) is 19.1. The molecular formula is C22H34IN7OS. The van der Waals surface area contributed by atoms with E-state index in [-0.39, 0.29) is 29.9 Å². The van der Waals surface area contributed by atoms with E-state index in [0.717, 1.165) is 74.5 Å². The van der Waals surface area contributed by atoms with Gasteiger partial charge in [-0.15, -0.1) is 24.0 Å². The molecule has 176 valence electrons. The van der Waals surface area contributed by atoms with Gasteiger partial charge in [0.15, 0.2) is 5.96 Å². The van der Waals surface area contributed by atoms with E-state index >= 15 is 0 Å². The van der Waals surface area contributed by atoms with Crippen LogP contribution in [-0.2, 0) is 13.0 Å². The lowest BCUT2D eigenvalue weighted by Crippen LogP contribution is -2.52. The molecule has 0 atom stereocenters. The summed E-state index contributed by atoms with van der Waals surface area (Å²) < 4.78 is 4.39. The van der Waals surface area contributed by atoms with Gasteiger partial charge in [-0.2, -0.15) is 4.37 Å². The Bertz CT molecular complexity index is 863. The molecule has 1 saturated heterocycles. The van der Waals surface area contributed by atoms with Crippen molar-refractivity contribution in [3.8, 4) is 0 Å². The Morgan fingerprint density at radius 2 is 1.84 bits per heavy atom. The van der Waals surface area contributed by atoms with Crippen LogP contribution in [0.15, 0.2) is 29.3 Å². The summed E-state index contributed by atoms with van der Waals surface area (Å²) in [6, 6.07) is 7.75. The lowest BCUT2D eigenvalue weighted by molar-refractivity contribution is 0.0953. The van der Waals surface area contributed by atoms with Crippen molar-refractivity contribution in [1.82, 2.24) is 24.9 Å². The lowest BCUT2D eigenvalue weighted by atomic mass is 10.1. The van der Waals surface area contributed by atoms with Gasteiger partial charge < -0.3 is 20.4 Å². The number of hydrogen-bond donors (Lipinski definition) is 2. The number of rotatable bonds is 8. The van der Waals surface area contributed by atoms with Crippen molar-refractivity contribution in [3.63, 3.8) is 0 Å². The van der Waals surface area contributed by atoms with Gasteiger partial charge in [0, 0.05) is 69.8 Å². The number of anilines is 1. The normalized spacial score (nSPS) is 14.2. The molecule has 1 aromatic carbocycles. The summed E-state index contributed by atoms with van der Waals surface area (Å²) >= 11 is 1.48. The summed E-state index contributed by atoms with van der Waals surface area (Å²) in [5, 5.41) is 7.41. The number of aromatic nitrogens is 2. The second-order valence-corrected chi connectivity index (χ2v) is 8.26. The number of amides is 1. The van der Waals surface area contributed by atoms with Gasteiger partial charge in [0.2, 0.25) is 5.13 Å². The van der Waals surface area contributed by atoms with Crippen molar-refractivity contribution in [2.45, 2.75) is 39.7 Å². The Labute approximate surface area is 212 Å². The van der Waals surface area contributed by atoms with E-state index < -0.39 is 0 Å². The van der Waals surface area contributed by atoms with Crippen molar-refractivity contribution in [3.05, 3.63) is 41.2 Å². The first-order chi connectivity index (χ1) is 15.1. The Hall–Kier alpha value is -1.95. The maximum atomic E-state index is 12.1. The zero-order chi connectivity index (χ0) is 22.1. The highest BCUT2D eigenvalue weighted by Crippen LogP contribution is 2.19. The molecule has 0 bridgehead atoms. The number of piperazine rings is 1. The fourth-order valence-corrected chi connectivity index (χ4v) is 4.20. The minimum atomic E-state index is -0.0110. The second kappa shape index (κ2) is 13.6. The van der Waals surface area contributed by atoms with Crippen molar-refractivity contribution < 1.29 is 4.79 Å². The number of aliphatic imine (C=N–C) groups is 1. The van der Waals surface area contributed by atoms with E-state index in [2.05, 4.69) is 48.6 Å². The van der Waals surface area contributed by atoms with Crippen LogP contribution >= 0.6 is 35.5 Å². The number of nitrogens with one attached hydrogen (secondary N) is 2. The molecule has 2 aromatic rings. The van der Waals surface area contributed by atoms with Crippen molar-refractivity contribution in [2.75, 3.05) is 44.7 Å². The first kappa shape index (κ1) is 26.3. The smallest absolute Gasteiger partial charge is 0.251 e. The average molecular weight is 572 g/mol. The highest BCUT2D eigenvalue weighted by Gasteiger charge is 2.22. The summed E-state index contributed by atoms with van der Waals surface area (Å²) in [7, 11) is 1.82. The number of nitrogens with zero attached hydrogens (tertiary/aromatic N) is 5. The molecule has 0 unspecified atom stereocenters. The molecule has 0 radical (unpaired) electrons. The van der Waals surface area contributed by atoms with Gasteiger partial charge in [0.25, 0.3) is 5.91 Å². The SMILES string of the molecule is CCCCNC(=O)c1ccc(CNC(=NC)N2CCN(c3nc(CC)ns3)CC2)cc1.I. The number of unbranched alkanes of at least 4 members (excludes halogenated alkanes) is 1. The van der Waals surface area contributed by atoms with Crippen LogP contribution in [0.3, 0.4) is 0 Å². The maximum Gasteiger partial charge on any atom is 0.251 e. The summed E-state index contributed by atoms with van der Waals surface area (Å²) in [5.74, 6) is 1.81. The van der Waals surface area contributed by atoms with E-state index in [0.29, 0.717) is 12.1 Å².